The van der Waals surface area contributed by atoms with Crippen molar-refractivity contribution in [1.82, 2.24) is 0 Å². The molecule has 16 heavy (non-hydrogen) atoms. The van der Waals surface area contributed by atoms with Crippen LogP contribution < -0.4 is 5.73 Å². The Morgan fingerprint density at radius 1 is 1.00 bits per heavy atom. The second-order valence-corrected chi connectivity index (χ2v) is 5.85. The topological polar surface area (TPSA) is 26.0 Å². The summed E-state index contributed by atoms with van der Waals surface area (Å²) in [5, 5.41) is 0. The molecule has 1 heteroatoms. The van der Waals surface area contributed by atoms with Crippen molar-refractivity contribution in [2.45, 2.75) is 64.3 Å². The predicted octanol–water partition coefficient (Wildman–Crippen LogP) is 3.89. The van der Waals surface area contributed by atoms with Crippen LogP contribution in [0.25, 0.3) is 0 Å². The summed E-state index contributed by atoms with van der Waals surface area (Å²) in [6.45, 7) is 2.29. The molecular weight excluding hydrogens is 194 g/mol. The van der Waals surface area contributed by atoms with Gasteiger partial charge < -0.3 is 5.73 Å². The van der Waals surface area contributed by atoms with Crippen LogP contribution in [-0.4, -0.2) is 6.04 Å². The van der Waals surface area contributed by atoms with E-state index in [0.29, 0.717) is 6.04 Å². The number of rotatable bonds is 3. The molecular formula is C15H27N. The quantitative estimate of drug-likeness (QED) is 0.719. The van der Waals surface area contributed by atoms with Gasteiger partial charge in [0, 0.05) is 6.04 Å². The average Bonchev–Trinajstić information content (AvgIpc) is 2.32. The molecule has 0 aliphatic heterocycles. The molecule has 1 nitrogen and oxygen atoms in total. The van der Waals surface area contributed by atoms with Gasteiger partial charge in [-0.3, -0.25) is 0 Å². The van der Waals surface area contributed by atoms with Crippen LogP contribution in [0.4, 0.5) is 0 Å². The summed E-state index contributed by atoms with van der Waals surface area (Å²) in [7, 11) is 0. The first-order valence-corrected chi connectivity index (χ1v) is 7.23. The van der Waals surface area contributed by atoms with Gasteiger partial charge in [0.2, 0.25) is 0 Å². The Morgan fingerprint density at radius 2 is 1.75 bits per heavy atom. The van der Waals surface area contributed by atoms with Crippen LogP contribution in [-0.2, 0) is 0 Å². The molecule has 0 heterocycles. The van der Waals surface area contributed by atoms with Crippen LogP contribution in [0.15, 0.2) is 12.2 Å². The Hall–Kier alpha value is -0.300. The molecule has 1 fully saturated rings. The molecule has 0 spiro atoms. The molecule has 0 bridgehead atoms. The molecule has 2 N–H and O–H groups in total. The van der Waals surface area contributed by atoms with Crippen LogP contribution in [0.1, 0.15) is 58.3 Å². The number of hydrogen-bond donors (Lipinski definition) is 1. The van der Waals surface area contributed by atoms with E-state index in [2.05, 4.69) is 19.1 Å². The molecule has 2 unspecified atom stereocenters. The molecule has 0 amide bonds. The third-order valence-corrected chi connectivity index (χ3v) is 4.58. The first-order chi connectivity index (χ1) is 7.79. The molecule has 0 aromatic rings. The summed E-state index contributed by atoms with van der Waals surface area (Å²) in [5.41, 5.74) is 5.97. The Balaban J connectivity index is 1.81. The average molecular weight is 221 g/mol. The maximum absolute atomic E-state index is 5.97. The van der Waals surface area contributed by atoms with Crippen molar-refractivity contribution >= 4 is 0 Å². The smallest absolute Gasteiger partial charge is 0.00390 e. The van der Waals surface area contributed by atoms with Gasteiger partial charge in [-0.15, -0.1) is 0 Å². The zero-order chi connectivity index (χ0) is 11.4. The number of allylic oxidation sites excluding steroid dienone is 2. The van der Waals surface area contributed by atoms with Crippen molar-refractivity contribution in [3.8, 4) is 0 Å². The van der Waals surface area contributed by atoms with E-state index in [0.717, 1.165) is 17.8 Å². The Labute approximate surface area is 100 Å². The minimum absolute atomic E-state index is 0.497. The summed E-state index contributed by atoms with van der Waals surface area (Å²) in [6.07, 6.45) is 15.9. The highest BCUT2D eigenvalue weighted by molar-refractivity contribution is 5.00. The lowest BCUT2D eigenvalue weighted by Crippen LogP contribution is -2.30. The summed E-state index contributed by atoms with van der Waals surface area (Å²) in [5.74, 6) is 2.70. The van der Waals surface area contributed by atoms with Gasteiger partial charge in [0.05, 0.1) is 0 Å². The second kappa shape index (κ2) is 5.86. The minimum Gasteiger partial charge on any atom is -0.328 e. The lowest BCUT2D eigenvalue weighted by molar-refractivity contribution is 0.240. The van der Waals surface area contributed by atoms with Crippen LogP contribution >= 0.6 is 0 Å². The third-order valence-electron chi connectivity index (χ3n) is 4.58. The summed E-state index contributed by atoms with van der Waals surface area (Å²) < 4.78 is 0. The summed E-state index contributed by atoms with van der Waals surface area (Å²) >= 11 is 0. The van der Waals surface area contributed by atoms with E-state index in [1.54, 1.807) is 0 Å². The molecule has 1 saturated carbocycles. The first-order valence-electron chi connectivity index (χ1n) is 7.23. The van der Waals surface area contributed by atoms with Gasteiger partial charge in [-0.05, 0) is 62.7 Å². The van der Waals surface area contributed by atoms with Gasteiger partial charge in [0.1, 0.15) is 0 Å². The molecule has 2 aliphatic carbocycles. The standard InChI is InChI=1S/C15H27N/c1-2-3-12-4-6-13(7-5-12)14-8-10-15(16)11-9-14/h4,6,12-15H,2-3,5,7-11,16H2,1H3. The maximum Gasteiger partial charge on any atom is 0.00390 e. The van der Waals surface area contributed by atoms with Gasteiger partial charge in [-0.25, -0.2) is 0 Å². The van der Waals surface area contributed by atoms with Crippen molar-refractivity contribution in [3.05, 3.63) is 12.2 Å². The molecule has 0 aromatic heterocycles. The van der Waals surface area contributed by atoms with Gasteiger partial charge in [-0.2, -0.15) is 0 Å². The van der Waals surface area contributed by atoms with Crippen LogP contribution in [0, 0.1) is 17.8 Å². The summed E-state index contributed by atoms with van der Waals surface area (Å²) in [4.78, 5) is 0. The van der Waals surface area contributed by atoms with E-state index in [1.807, 2.05) is 0 Å². The van der Waals surface area contributed by atoms with E-state index in [4.69, 9.17) is 5.73 Å². The second-order valence-electron chi connectivity index (χ2n) is 5.85. The van der Waals surface area contributed by atoms with Crippen molar-refractivity contribution in [1.29, 1.82) is 0 Å². The molecule has 0 saturated heterocycles. The molecule has 2 rings (SSSR count). The number of hydrogen-bond acceptors (Lipinski definition) is 1. The van der Waals surface area contributed by atoms with Crippen molar-refractivity contribution < 1.29 is 0 Å². The molecule has 0 radical (unpaired) electrons. The lowest BCUT2D eigenvalue weighted by Gasteiger charge is -2.34. The van der Waals surface area contributed by atoms with Crippen molar-refractivity contribution in [2.24, 2.45) is 23.5 Å². The number of nitrogens with two attached hydrogens (primary N) is 1. The van der Waals surface area contributed by atoms with Gasteiger partial charge in [0.25, 0.3) is 0 Å². The van der Waals surface area contributed by atoms with Crippen LogP contribution in [0.3, 0.4) is 0 Å². The van der Waals surface area contributed by atoms with Gasteiger partial charge in [-0.1, -0.05) is 25.5 Å². The normalized spacial score (nSPS) is 39.9. The molecule has 0 aromatic carbocycles. The maximum atomic E-state index is 5.97. The fourth-order valence-corrected chi connectivity index (χ4v) is 3.48. The Morgan fingerprint density at radius 3 is 2.31 bits per heavy atom. The summed E-state index contributed by atoms with van der Waals surface area (Å²) in [6, 6.07) is 0.497. The van der Waals surface area contributed by atoms with E-state index in [9.17, 15) is 0 Å². The zero-order valence-corrected chi connectivity index (χ0v) is 10.7. The highest BCUT2D eigenvalue weighted by atomic mass is 14.6. The SMILES string of the molecule is CCCC1C=CC(C2CCC(N)CC2)CC1. The molecule has 2 aliphatic rings. The largest absolute Gasteiger partial charge is 0.328 e. The zero-order valence-electron chi connectivity index (χ0n) is 10.7. The van der Waals surface area contributed by atoms with Gasteiger partial charge >= 0.3 is 0 Å². The fraction of sp³-hybridized carbons (Fsp3) is 0.867. The monoisotopic (exact) mass is 221 g/mol. The van der Waals surface area contributed by atoms with E-state index in [-0.39, 0.29) is 0 Å². The highest BCUT2D eigenvalue weighted by Crippen LogP contribution is 2.37. The third kappa shape index (κ3) is 3.10. The Bertz CT molecular complexity index is 226. The lowest BCUT2D eigenvalue weighted by atomic mass is 9.73. The molecule has 2 atom stereocenters. The van der Waals surface area contributed by atoms with E-state index >= 15 is 0 Å². The predicted molar refractivity (Wildman–Crippen MR) is 70.2 cm³/mol. The van der Waals surface area contributed by atoms with Crippen molar-refractivity contribution in [3.63, 3.8) is 0 Å². The van der Waals surface area contributed by atoms with E-state index < -0.39 is 0 Å². The van der Waals surface area contributed by atoms with Gasteiger partial charge in [0.15, 0.2) is 0 Å². The molecule has 92 valence electrons. The van der Waals surface area contributed by atoms with E-state index in [1.165, 1.54) is 51.4 Å². The Kier molecular flexibility index (Phi) is 4.45. The van der Waals surface area contributed by atoms with Crippen LogP contribution in [0.2, 0.25) is 0 Å². The fourth-order valence-electron chi connectivity index (χ4n) is 3.48. The first kappa shape index (κ1) is 12.2. The minimum atomic E-state index is 0.497. The van der Waals surface area contributed by atoms with Crippen molar-refractivity contribution in [2.75, 3.05) is 0 Å². The van der Waals surface area contributed by atoms with Crippen LogP contribution in [0.5, 0.6) is 0 Å². The highest BCUT2D eigenvalue weighted by Gasteiger charge is 2.26.